The number of aromatic nitrogens is 5. The number of ether oxygens (including phenoxy) is 1. The number of pyridine rings is 1. The molecule has 3 heterocycles. The van der Waals surface area contributed by atoms with Gasteiger partial charge in [-0.2, -0.15) is 4.98 Å². The van der Waals surface area contributed by atoms with E-state index in [2.05, 4.69) is 49.7 Å². The van der Waals surface area contributed by atoms with Gasteiger partial charge in [-0.25, -0.2) is 4.98 Å². The molecule has 8 heteroatoms. The van der Waals surface area contributed by atoms with Crippen molar-refractivity contribution in [3.05, 3.63) is 64.0 Å². The Labute approximate surface area is 178 Å². The van der Waals surface area contributed by atoms with Gasteiger partial charge in [0.1, 0.15) is 21.7 Å². The van der Waals surface area contributed by atoms with E-state index < -0.39 is 0 Å². The van der Waals surface area contributed by atoms with E-state index in [4.69, 9.17) is 9.72 Å². The molecule has 0 aliphatic heterocycles. The van der Waals surface area contributed by atoms with Crippen molar-refractivity contribution in [2.75, 3.05) is 11.9 Å². The second-order valence-electron chi connectivity index (χ2n) is 7.55. The van der Waals surface area contributed by atoms with Crippen LogP contribution in [-0.4, -0.2) is 31.8 Å². The summed E-state index contributed by atoms with van der Waals surface area (Å²) in [6.45, 7) is 5.02. The molecule has 0 amide bonds. The molecule has 5 rings (SSSR count). The Kier molecular flexibility index (Phi) is 5.00. The average molecular weight is 419 g/mol. The predicted molar refractivity (Wildman–Crippen MR) is 117 cm³/mol. The van der Waals surface area contributed by atoms with Crippen molar-refractivity contribution in [3.8, 4) is 5.88 Å². The standard InChI is InChI=1S/C22H22N6OS/c1-13-24-20(23-11-22-28-27-14(2)30-22)10-21(25-13)29-12-16-9-17(16)19-8-7-15-5-3-4-6-18(15)26-19/h3-8,10,16-17H,9,11-12H2,1-2H3,(H,23,24,25). The summed E-state index contributed by atoms with van der Waals surface area (Å²) in [5.74, 6) is 2.92. The largest absolute Gasteiger partial charge is 0.477 e. The molecule has 152 valence electrons. The number of aryl methyl sites for hydroxylation is 2. The first kappa shape index (κ1) is 18.9. The molecule has 7 nitrogen and oxygen atoms in total. The highest BCUT2D eigenvalue weighted by Gasteiger charge is 2.40. The molecule has 4 aromatic rings. The topological polar surface area (TPSA) is 85.7 Å². The van der Waals surface area contributed by atoms with E-state index in [1.54, 1.807) is 11.3 Å². The summed E-state index contributed by atoms with van der Waals surface area (Å²) in [5, 5.41) is 14.5. The zero-order valence-electron chi connectivity index (χ0n) is 16.9. The maximum atomic E-state index is 6.00. The fourth-order valence-electron chi connectivity index (χ4n) is 3.55. The van der Waals surface area contributed by atoms with E-state index in [9.17, 15) is 0 Å². The van der Waals surface area contributed by atoms with Gasteiger partial charge in [0, 0.05) is 29.0 Å². The second kappa shape index (κ2) is 7.95. The van der Waals surface area contributed by atoms with Gasteiger partial charge in [-0.3, -0.25) is 4.98 Å². The molecule has 3 aromatic heterocycles. The SMILES string of the molecule is Cc1nc(NCc2nnc(C)s2)cc(OCC2CC2c2ccc3ccccc3n2)n1. The van der Waals surface area contributed by atoms with E-state index in [1.807, 2.05) is 32.0 Å². The van der Waals surface area contributed by atoms with Gasteiger partial charge in [-0.15, -0.1) is 10.2 Å². The highest BCUT2D eigenvalue weighted by atomic mass is 32.1. The fourth-order valence-corrected chi connectivity index (χ4v) is 4.20. The molecule has 0 radical (unpaired) electrons. The van der Waals surface area contributed by atoms with Crippen LogP contribution in [0.3, 0.4) is 0 Å². The number of hydrogen-bond donors (Lipinski definition) is 1. The van der Waals surface area contributed by atoms with Gasteiger partial charge in [0.2, 0.25) is 5.88 Å². The Morgan fingerprint density at radius 1 is 1.07 bits per heavy atom. The van der Waals surface area contributed by atoms with E-state index in [0.717, 1.165) is 33.5 Å². The number of hydrogen-bond acceptors (Lipinski definition) is 8. The first-order chi connectivity index (χ1) is 14.6. The van der Waals surface area contributed by atoms with Gasteiger partial charge >= 0.3 is 0 Å². The number of para-hydroxylation sites is 1. The third-order valence-electron chi connectivity index (χ3n) is 5.17. The van der Waals surface area contributed by atoms with Crippen LogP contribution < -0.4 is 10.1 Å². The quantitative estimate of drug-likeness (QED) is 0.479. The summed E-state index contributed by atoms with van der Waals surface area (Å²) in [6, 6.07) is 14.4. The number of rotatable bonds is 7. The van der Waals surface area contributed by atoms with E-state index in [1.165, 1.54) is 5.39 Å². The third-order valence-corrected chi connectivity index (χ3v) is 6.01. The molecule has 1 saturated carbocycles. The molecule has 0 saturated heterocycles. The van der Waals surface area contributed by atoms with Crippen LogP contribution in [0.4, 0.5) is 5.82 Å². The number of benzene rings is 1. The minimum Gasteiger partial charge on any atom is -0.477 e. The van der Waals surface area contributed by atoms with Gasteiger partial charge < -0.3 is 10.1 Å². The Morgan fingerprint density at radius 3 is 2.83 bits per heavy atom. The van der Waals surface area contributed by atoms with Gasteiger partial charge in [0.05, 0.1) is 18.7 Å². The summed E-state index contributed by atoms with van der Waals surface area (Å²) in [5.41, 5.74) is 2.20. The van der Waals surface area contributed by atoms with E-state index in [0.29, 0.717) is 36.7 Å². The maximum Gasteiger partial charge on any atom is 0.218 e. The van der Waals surface area contributed by atoms with Crippen molar-refractivity contribution in [2.45, 2.75) is 32.7 Å². The predicted octanol–water partition coefficient (Wildman–Crippen LogP) is 4.29. The van der Waals surface area contributed by atoms with Gasteiger partial charge in [-0.05, 0) is 32.4 Å². The first-order valence-electron chi connectivity index (χ1n) is 10.0. The lowest BCUT2D eigenvalue weighted by Gasteiger charge is -2.09. The Morgan fingerprint density at radius 2 is 1.97 bits per heavy atom. The molecule has 30 heavy (non-hydrogen) atoms. The molecule has 0 bridgehead atoms. The molecular formula is C22H22N6OS. The van der Waals surface area contributed by atoms with Crippen molar-refractivity contribution in [1.82, 2.24) is 25.1 Å². The molecule has 2 unspecified atom stereocenters. The minimum atomic E-state index is 0.454. The third kappa shape index (κ3) is 4.23. The number of fused-ring (bicyclic) bond motifs is 1. The fraction of sp³-hybridized carbons (Fsp3) is 0.318. The van der Waals surface area contributed by atoms with Crippen molar-refractivity contribution in [2.24, 2.45) is 5.92 Å². The van der Waals surface area contributed by atoms with Crippen LogP contribution in [0.2, 0.25) is 0 Å². The summed E-state index contributed by atoms with van der Waals surface area (Å²) >= 11 is 1.57. The minimum absolute atomic E-state index is 0.454. The summed E-state index contributed by atoms with van der Waals surface area (Å²) in [4.78, 5) is 13.7. The molecule has 2 atom stereocenters. The number of nitrogens with zero attached hydrogens (tertiary/aromatic N) is 5. The normalized spacial score (nSPS) is 17.8. The maximum absolute atomic E-state index is 6.00. The lowest BCUT2D eigenvalue weighted by Crippen LogP contribution is -2.07. The van der Waals surface area contributed by atoms with Crippen LogP contribution in [0.15, 0.2) is 42.5 Å². The highest BCUT2D eigenvalue weighted by Crippen LogP contribution is 2.47. The lowest BCUT2D eigenvalue weighted by atomic mass is 10.1. The van der Waals surface area contributed by atoms with Crippen molar-refractivity contribution < 1.29 is 4.74 Å². The Balaban J connectivity index is 1.19. The molecule has 1 aliphatic rings. The second-order valence-corrected chi connectivity index (χ2v) is 8.82. The molecule has 1 aliphatic carbocycles. The van der Waals surface area contributed by atoms with Crippen LogP contribution in [0, 0.1) is 19.8 Å². The van der Waals surface area contributed by atoms with Crippen LogP contribution in [0.1, 0.15) is 33.9 Å². The van der Waals surface area contributed by atoms with E-state index in [-0.39, 0.29) is 0 Å². The first-order valence-corrected chi connectivity index (χ1v) is 10.8. The van der Waals surface area contributed by atoms with Crippen molar-refractivity contribution >= 4 is 28.1 Å². The summed E-state index contributed by atoms with van der Waals surface area (Å²) in [7, 11) is 0. The molecule has 1 N–H and O–H groups in total. The zero-order valence-corrected chi connectivity index (χ0v) is 17.7. The van der Waals surface area contributed by atoms with Crippen LogP contribution >= 0.6 is 11.3 Å². The summed E-state index contributed by atoms with van der Waals surface area (Å²) in [6.07, 6.45) is 1.09. The summed E-state index contributed by atoms with van der Waals surface area (Å²) < 4.78 is 6.00. The number of nitrogens with one attached hydrogen (secondary N) is 1. The highest BCUT2D eigenvalue weighted by molar-refractivity contribution is 7.11. The molecular weight excluding hydrogens is 396 g/mol. The van der Waals surface area contributed by atoms with Crippen LogP contribution in [0.5, 0.6) is 5.88 Å². The van der Waals surface area contributed by atoms with Crippen molar-refractivity contribution in [3.63, 3.8) is 0 Å². The Hall–Kier alpha value is -3.13. The molecule has 1 aromatic carbocycles. The average Bonchev–Trinajstić information content (AvgIpc) is 3.42. The van der Waals surface area contributed by atoms with Crippen LogP contribution in [0.25, 0.3) is 10.9 Å². The number of anilines is 1. The van der Waals surface area contributed by atoms with Gasteiger partial charge in [-0.1, -0.05) is 35.6 Å². The van der Waals surface area contributed by atoms with Crippen LogP contribution in [-0.2, 0) is 6.54 Å². The Bertz CT molecular complexity index is 1190. The van der Waals surface area contributed by atoms with Gasteiger partial charge in [0.25, 0.3) is 0 Å². The van der Waals surface area contributed by atoms with Crippen molar-refractivity contribution in [1.29, 1.82) is 0 Å². The monoisotopic (exact) mass is 418 g/mol. The molecule has 0 spiro atoms. The van der Waals surface area contributed by atoms with E-state index >= 15 is 0 Å². The smallest absolute Gasteiger partial charge is 0.218 e. The molecule has 1 fully saturated rings. The zero-order chi connectivity index (χ0) is 20.5. The lowest BCUT2D eigenvalue weighted by molar-refractivity contribution is 0.284. The van der Waals surface area contributed by atoms with Gasteiger partial charge in [0.15, 0.2) is 0 Å².